The molecular formula is C27H24N2O4S2. The first-order chi connectivity index (χ1) is 16.8. The molecule has 0 saturated heterocycles. The highest BCUT2D eigenvalue weighted by Gasteiger charge is 2.22. The predicted molar refractivity (Wildman–Crippen MR) is 139 cm³/mol. The fourth-order valence-electron chi connectivity index (χ4n) is 3.46. The van der Waals surface area contributed by atoms with Crippen molar-refractivity contribution in [1.29, 1.82) is 0 Å². The Balaban J connectivity index is 1.56. The van der Waals surface area contributed by atoms with Crippen LogP contribution in [0.1, 0.15) is 34.6 Å². The molecule has 0 bridgehead atoms. The first-order valence-electron chi connectivity index (χ1n) is 11.0. The van der Waals surface area contributed by atoms with Crippen LogP contribution in [0.3, 0.4) is 0 Å². The van der Waals surface area contributed by atoms with Crippen LogP contribution in [0, 0.1) is 0 Å². The molecule has 0 saturated carbocycles. The van der Waals surface area contributed by atoms with Gasteiger partial charge in [-0.05, 0) is 31.5 Å². The monoisotopic (exact) mass is 504 g/mol. The molecule has 0 spiro atoms. The van der Waals surface area contributed by atoms with E-state index in [1.807, 2.05) is 36.4 Å². The summed E-state index contributed by atoms with van der Waals surface area (Å²) >= 11 is 1.13. The van der Waals surface area contributed by atoms with Gasteiger partial charge in [0.1, 0.15) is 4.88 Å². The zero-order chi connectivity index (χ0) is 25.0. The summed E-state index contributed by atoms with van der Waals surface area (Å²) in [4.78, 5) is 31.2. The van der Waals surface area contributed by atoms with Crippen molar-refractivity contribution < 1.29 is 18.0 Å². The smallest absolute Gasteiger partial charge is 0.230 e. The van der Waals surface area contributed by atoms with E-state index in [0.29, 0.717) is 26.8 Å². The van der Waals surface area contributed by atoms with E-state index in [0.717, 1.165) is 16.9 Å². The average molecular weight is 505 g/mol. The summed E-state index contributed by atoms with van der Waals surface area (Å²) in [6, 6.07) is 24.6. The van der Waals surface area contributed by atoms with Gasteiger partial charge in [0.2, 0.25) is 11.7 Å². The molecule has 4 rings (SSSR count). The lowest BCUT2D eigenvalue weighted by molar-refractivity contribution is -0.115. The van der Waals surface area contributed by atoms with Crippen LogP contribution in [0.25, 0.3) is 11.3 Å². The molecule has 0 atom stereocenters. The minimum absolute atomic E-state index is 0.0459. The van der Waals surface area contributed by atoms with Crippen molar-refractivity contribution in [3.05, 3.63) is 101 Å². The third-order valence-electron chi connectivity index (χ3n) is 5.40. The molecule has 3 aromatic carbocycles. The Kier molecular flexibility index (Phi) is 7.23. The number of amides is 1. The zero-order valence-corrected chi connectivity index (χ0v) is 20.9. The number of benzene rings is 3. The lowest BCUT2D eigenvalue weighted by Crippen LogP contribution is -2.15. The summed E-state index contributed by atoms with van der Waals surface area (Å²) in [6.45, 7) is 3.26. The standard InChI is InChI=1S/C27H24N2O4S2/c1-18(2)35(32,33)22-15-13-19(14-16-22)17-23(30)28-27-29-24(20-9-5-3-6-10-20)26(34-27)25(31)21-11-7-4-8-12-21/h3-16,18H,17H2,1-2H3,(H,28,29,30). The summed E-state index contributed by atoms with van der Waals surface area (Å²) in [5.41, 5.74) is 2.52. The normalized spacial score (nSPS) is 11.4. The molecule has 4 aromatic rings. The number of anilines is 1. The van der Waals surface area contributed by atoms with Crippen molar-refractivity contribution in [3.8, 4) is 11.3 Å². The molecule has 35 heavy (non-hydrogen) atoms. The summed E-state index contributed by atoms with van der Waals surface area (Å²) < 4.78 is 24.6. The van der Waals surface area contributed by atoms with E-state index < -0.39 is 15.1 Å². The third kappa shape index (κ3) is 5.55. The second-order valence-corrected chi connectivity index (χ2v) is 11.7. The second kappa shape index (κ2) is 10.3. The molecule has 0 unspecified atom stereocenters. The van der Waals surface area contributed by atoms with E-state index in [2.05, 4.69) is 10.3 Å². The van der Waals surface area contributed by atoms with Crippen LogP contribution in [0.15, 0.2) is 89.8 Å². The van der Waals surface area contributed by atoms with Crippen molar-refractivity contribution in [2.24, 2.45) is 0 Å². The number of hydrogen-bond acceptors (Lipinski definition) is 6. The maximum atomic E-state index is 13.2. The van der Waals surface area contributed by atoms with Crippen molar-refractivity contribution in [3.63, 3.8) is 0 Å². The van der Waals surface area contributed by atoms with E-state index >= 15 is 0 Å². The van der Waals surface area contributed by atoms with Crippen molar-refractivity contribution in [2.45, 2.75) is 30.4 Å². The molecule has 0 fully saturated rings. The lowest BCUT2D eigenvalue weighted by Gasteiger charge is -2.08. The molecular weight excluding hydrogens is 480 g/mol. The van der Waals surface area contributed by atoms with Gasteiger partial charge in [-0.15, -0.1) is 0 Å². The molecule has 1 amide bonds. The number of carbonyl (C=O) groups is 2. The lowest BCUT2D eigenvalue weighted by atomic mass is 10.1. The van der Waals surface area contributed by atoms with Crippen molar-refractivity contribution in [2.75, 3.05) is 5.32 Å². The Labute approximate surface area is 208 Å². The number of ketones is 1. The van der Waals surface area contributed by atoms with Gasteiger partial charge in [0.15, 0.2) is 15.0 Å². The average Bonchev–Trinajstić information content (AvgIpc) is 3.28. The fourth-order valence-corrected chi connectivity index (χ4v) is 5.48. The maximum absolute atomic E-state index is 13.2. The van der Waals surface area contributed by atoms with E-state index in [9.17, 15) is 18.0 Å². The highest BCUT2D eigenvalue weighted by Crippen LogP contribution is 2.33. The Hall–Kier alpha value is -3.62. The van der Waals surface area contributed by atoms with Crippen molar-refractivity contribution in [1.82, 2.24) is 4.98 Å². The van der Waals surface area contributed by atoms with Gasteiger partial charge in [0.25, 0.3) is 0 Å². The molecule has 1 N–H and O–H groups in total. The minimum Gasteiger partial charge on any atom is -0.302 e. The summed E-state index contributed by atoms with van der Waals surface area (Å²) in [5.74, 6) is -0.471. The minimum atomic E-state index is -3.37. The van der Waals surface area contributed by atoms with Gasteiger partial charge < -0.3 is 5.32 Å². The molecule has 0 radical (unpaired) electrons. The van der Waals surface area contributed by atoms with Gasteiger partial charge in [-0.25, -0.2) is 13.4 Å². The topological polar surface area (TPSA) is 93.2 Å². The molecule has 8 heteroatoms. The van der Waals surface area contributed by atoms with Crippen molar-refractivity contribution >= 4 is 38.0 Å². The number of hydrogen-bond donors (Lipinski definition) is 1. The number of nitrogens with one attached hydrogen (secondary N) is 1. The SMILES string of the molecule is CC(C)S(=O)(=O)c1ccc(CC(=O)Nc2nc(-c3ccccc3)c(C(=O)c3ccccc3)s2)cc1. The summed E-state index contributed by atoms with van der Waals surface area (Å²) in [6.07, 6.45) is 0.0459. The molecule has 1 aromatic heterocycles. The highest BCUT2D eigenvalue weighted by atomic mass is 32.2. The quantitative estimate of drug-likeness (QED) is 0.324. The van der Waals surface area contributed by atoms with Crippen LogP contribution < -0.4 is 5.32 Å². The van der Waals surface area contributed by atoms with E-state index in [-0.39, 0.29) is 23.0 Å². The molecule has 0 aliphatic rings. The van der Waals surface area contributed by atoms with E-state index in [1.54, 1.807) is 50.2 Å². The molecule has 0 aliphatic carbocycles. The first kappa shape index (κ1) is 24.5. The number of carbonyl (C=O) groups excluding carboxylic acids is 2. The second-order valence-electron chi connectivity index (χ2n) is 8.22. The zero-order valence-electron chi connectivity index (χ0n) is 19.3. The Bertz CT molecular complexity index is 1440. The maximum Gasteiger partial charge on any atom is 0.230 e. The van der Waals surface area contributed by atoms with Gasteiger partial charge in [0, 0.05) is 11.1 Å². The van der Waals surface area contributed by atoms with Gasteiger partial charge in [-0.1, -0.05) is 84.1 Å². The van der Waals surface area contributed by atoms with Crippen LogP contribution in [0.5, 0.6) is 0 Å². The van der Waals surface area contributed by atoms with Crippen LogP contribution in [-0.4, -0.2) is 30.3 Å². The van der Waals surface area contributed by atoms with Gasteiger partial charge >= 0.3 is 0 Å². The fraction of sp³-hybridized carbons (Fsp3) is 0.148. The number of aromatic nitrogens is 1. The molecule has 1 heterocycles. The highest BCUT2D eigenvalue weighted by molar-refractivity contribution is 7.92. The summed E-state index contributed by atoms with van der Waals surface area (Å²) in [7, 11) is -3.37. The molecule has 0 aliphatic heterocycles. The number of nitrogens with zero attached hydrogens (tertiary/aromatic N) is 1. The molecule has 6 nitrogen and oxygen atoms in total. The Morgan fingerprint density at radius 1 is 0.886 bits per heavy atom. The van der Waals surface area contributed by atoms with Gasteiger partial charge in [0.05, 0.1) is 22.3 Å². The predicted octanol–water partition coefficient (Wildman–Crippen LogP) is 5.40. The van der Waals surface area contributed by atoms with Gasteiger partial charge in [-0.2, -0.15) is 0 Å². The Morgan fingerprint density at radius 3 is 2.09 bits per heavy atom. The van der Waals surface area contributed by atoms with Crippen LogP contribution >= 0.6 is 11.3 Å². The van der Waals surface area contributed by atoms with E-state index in [1.165, 1.54) is 12.1 Å². The number of sulfone groups is 1. The molecule has 178 valence electrons. The Morgan fingerprint density at radius 2 is 1.49 bits per heavy atom. The summed E-state index contributed by atoms with van der Waals surface area (Å²) in [5, 5.41) is 2.59. The number of rotatable bonds is 8. The number of thiazole rings is 1. The van der Waals surface area contributed by atoms with Crippen LogP contribution in [0.2, 0.25) is 0 Å². The van der Waals surface area contributed by atoms with Crippen LogP contribution in [0.4, 0.5) is 5.13 Å². The van der Waals surface area contributed by atoms with Gasteiger partial charge in [-0.3, -0.25) is 9.59 Å². The first-order valence-corrected chi connectivity index (χ1v) is 13.4. The third-order valence-corrected chi connectivity index (χ3v) is 8.54. The van der Waals surface area contributed by atoms with Crippen LogP contribution in [-0.2, 0) is 21.1 Å². The van der Waals surface area contributed by atoms with E-state index in [4.69, 9.17) is 0 Å². The largest absolute Gasteiger partial charge is 0.302 e.